The van der Waals surface area contributed by atoms with E-state index in [-0.39, 0.29) is 5.91 Å². The van der Waals surface area contributed by atoms with Gasteiger partial charge in [-0.1, -0.05) is 40.6 Å². The van der Waals surface area contributed by atoms with Gasteiger partial charge in [-0.15, -0.1) is 0 Å². The average Bonchev–Trinajstić information content (AvgIpc) is 3.10. The minimum Gasteiger partial charge on any atom is -0.356 e. The van der Waals surface area contributed by atoms with Crippen molar-refractivity contribution in [3.05, 3.63) is 47.4 Å². The molecule has 0 bridgehead atoms. The molecule has 0 fully saturated rings. The molecule has 1 aliphatic rings. The Kier molecular flexibility index (Phi) is 5.99. The van der Waals surface area contributed by atoms with Crippen LogP contribution in [0.4, 0.5) is 0 Å². The van der Waals surface area contributed by atoms with E-state index >= 15 is 0 Å². The fourth-order valence-corrected chi connectivity index (χ4v) is 3.06. The lowest BCUT2D eigenvalue weighted by Gasteiger charge is -2.12. The van der Waals surface area contributed by atoms with Crippen molar-refractivity contribution in [3.63, 3.8) is 0 Å². The van der Waals surface area contributed by atoms with Gasteiger partial charge in [-0.2, -0.15) is 4.98 Å². The number of nitrogens with zero attached hydrogens (tertiary/aromatic N) is 2. The summed E-state index contributed by atoms with van der Waals surface area (Å²) < 4.78 is 5.26. The molecule has 0 saturated carbocycles. The number of nitrogens with one attached hydrogen (secondary N) is 1. The van der Waals surface area contributed by atoms with E-state index in [0.29, 0.717) is 31.1 Å². The van der Waals surface area contributed by atoms with E-state index in [0.717, 1.165) is 17.5 Å². The van der Waals surface area contributed by atoms with Crippen molar-refractivity contribution in [2.45, 2.75) is 51.9 Å². The number of aryl methyl sites for hydroxylation is 2. The molecular weight excluding hydrogens is 314 g/mol. The third-order valence-corrected chi connectivity index (χ3v) is 4.46. The second-order valence-corrected chi connectivity index (χ2v) is 6.59. The Morgan fingerprint density at radius 1 is 1.28 bits per heavy atom. The van der Waals surface area contributed by atoms with Crippen molar-refractivity contribution in [2.24, 2.45) is 0 Å². The van der Waals surface area contributed by atoms with Crippen LogP contribution in [0.25, 0.3) is 11.4 Å². The quantitative estimate of drug-likeness (QED) is 0.775. The van der Waals surface area contributed by atoms with Gasteiger partial charge in [-0.05, 0) is 45.1 Å². The summed E-state index contributed by atoms with van der Waals surface area (Å²) in [5.41, 5.74) is 3.56. The van der Waals surface area contributed by atoms with Gasteiger partial charge in [-0.3, -0.25) is 4.79 Å². The molecule has 0 saturated heterocycles. The second kappa shape index (κ2) is 8.60. The van der Waals surface area contributed by atoms with Crippen LogP contribution < -0.4 is 5.32 Å². The lowest BCUT2D eigenvalue weighted by atomic mass is 9.97. The number of rotatable bonds is 7. The molecule has 5 heteroatoms. The first-order valence-electron chi connectivity index (χ1n) is 9.05. The molecule has 2 aromatic rings. The summed E-state index contributed by atoms with van der Waals surface area (Å²) in [6, 6.07) is 7.96. The smallest absolute Gasteiger partial charge is 0.227 e. The molecule has 1 heterocycles. The molecule has 1 N–H and O–H groups in total. The highest BCUT2D eigenvalue weighted by molar-refractivity contribution is 5.76. The van der Waals surface area contributed by atoms with E-state index < -0.39 is 0 Å². The monoisotopic (exact) mass is 339 g/mol. The van der Waals surface area contributed by atoms with E-state index in [4.69, 9.17) is 4.52 Å². The zero-order valence-corrected chi connectivity index (χ0v) is 14.8. The first-order valence-corrected chi connectivity index (χ1v) is 9.05. The van der Waals surface area contributed by atoms with Crippen LogP contribution in [-0.4, -0.2) is 22.6 Å². The normalized spacial score (nSPS) is 14.2. The van der Waals surface area contributed by atoms with Crippen molar-refractivity contribution < 1.29 is 9.32 Å². The standard InChI is InChI=1S/C20H25N3O2/c1-15-6-5-9-17(14-15)20-22-19(25-23-20)11-10-18(24)21-13-12-16-7-3-2-4-8-16/h5-7,9,14H,2-4,8,10-13H2,1H3,(H,21,24). The van der Waals surface area contributed by atoms with Crippen molar-refractivity contribution in [2.75, 3.05) is 6.54 Å². The maximum Gasteiger partial charge on any atom is 0.227 e. The fourth-order valence-electron chi connectivity index (χ4n) is 3.06. The van der Waals surface area contributed by atoms with E-state index in [9.17, 15) is 4.79 Å². The van der Waals surface area contributed by atoms with Crippen LogP contribution in [0.1, 0.15) is 50.0 Å². The predicted octanol–water partition coefficient (Wildman–Crippen LogP) is 3.98. The summed E-state index contributed by atoms with van der Waals surface area (Å²) >= 11 is 0. The van der Waals surface area contributed by atoms with E-state index in [1.165, 1.54) is 31.3 Å². The lowest BCUT2D eigenvalue weighted by Crippen LogP contribution is -2.25. The molecule has 0 atom stereocenters. The van der Waals surface area contributed by atoms with Gasteiger partial charge in [0, 0.05) is 24.9 Å². The number of hydrogen-bond donors (Lipinski definition) is 1. The summed E-state index contributed by atoms with van der Waals surface area (Å²) in [6.45, 7) is 2.74. The van der Waals surface area contributed by atoms with Crippen LogP contribution in [0.15, 0.2) is 40.4 Å². The Labute approximate surface area is 148 Å². The Morgan fingerprint density at radius 2 is 2.20 bits per heavy atom. The van der Waals surface area contributed by atoms with Crippen LogP contribution in [0.2, 0.25) is 0 Å². The van der Waals surface area contributed by atoms with Crippen LogP contribution in [-0.2, 0) is 11.2 Å². The van der Waals surface area contributed by atoms with Gasteiger partial charge in [0.05, 0.1) is 0 Å². The molecule has 25 heavy (non-hydrogen) atoms. The predicted molar refractivity (Wildman–Crippen MR) is 97.0 cm³/mol. The van der Waals surface area contributed by atoms with Crippen molar-refractivity contribution in [1.82, 2.24) is 15.5 Å². The molecule has 1 aromatic carbocycles. The third kappa shape index (κ3) is 5.28. The summed E-state index contributed by atoms with van der Waals surface area (Å²) in [5, 5.41) is 6.98. The van der Waals surface area contributed by atoms with Gasteiger partial charge in [0.15, 0.2) is 0 Å². The van der Waals surface area contributed by atoms with Gasteiger partial charge in [0.2, 0.25) is 17.6 Å². The van der Waals surface area contributed by atoms with Crippen molar-refractivity contribution in [1.29, 1.82) is 0 Å². The molecule has 3 rings (SSSR count). The molecule has 132 valence electrons. The van der Waals surface area contributed by atoms with Crippen LogP contribution in [0.5, 0.6) is 0 Å². The minimum atomic E-state index is 0.0340. The van der Waals surface area contributed by atoms with E-state index in [1.807, 2.05) is 31.2 Å². The number of hydrogen-bond acceptors (Lipinski definition) is 4. The number of aromatic nitrogens is 2. The molecule has 1 aliphatic carbocycles. The van der Waals surface area contributed by atoms with E-state index in [2.05, 4.69) is 21.5 Å². The Morgan fingerprint density at radius 3 is 3.00 bits per heavy atom. The molecule has 0 radical (unpaired) electrons. The zero-order valence-electron chi connectivity index (χ0n) is 14.8. The number of allylic oxidation sites excluding steroid dienone is 1. The Bertz CT molecular complexity index is 749. The van der Waals surface area contributed by atoms with E-state index in [1.54, 1.807) is 0 Å². The van der Waals surface area contributed by atoms with Crippen LogP contribution in [0.3, 0.4) is 0 Å². The largest absolute Gasteiger partial charge is 0.356 e. The zero-order chi connectivity index (χ0) is 17.5. The van der Waals surface area contributed by atoms with Crippen LogP contribution in [0, 0.1) is 6.92 Å². The maximum absolute atomic E-state index is 12.0. The highest BCUT2D eigenvalue weighted by Crippen LogP contribution is 2.19. The molecule has 5 nitrogen and oxygen atoms in total. The molecule has 0 aliphatic heterocycles. The second-order valence-electron chi connectivity index (χ2n) is 6.59. The third-order valence-electron chi connectivity index (χ3n) is 4.46. The Balaban J connectivity index is 1.42. The van der Waals surface area contributed by atoms with Gasteiger partial charge in [-0.25, -0.2) is 0 Å². The van der Waals surface area contributed by atoms with Crippen LogP contribution >= 0.6 is 0 Å². The molecule has 0 unspecified atom stereocenters. The van der Waals surface area contributed by atoms with Crippen molar-refractivity contribution >= 4 is 5.91 Å². The number of carbonyl (C=O) groups excluding carboxylic acids is 1. The molecular formula is C20H25N3O2. The summed E-state index contributed by atoms with van der Waals surface area (Å²) in [4.78, 5) is 16.3. The number of amides is 1. The highest BCUT2D eigenvalue weighted by Gasteiger charge is 2.11. The van der Waals surface area contributed by atoms with Gasteiger partial charge in [0.1, 0.15) is 0 Å². The Hall–Kier alpha value is -2.43. The first kappa shape index (κ1) is 17.4. The highest BCUT2D eigenvalue weighted by atomic mass is 16.5. The molecule has 1 aromatic heterocycles. The molecule has 1 amide bonds. The molecule has 0 spiro atoms. The average molecular weight is 339 g/mol. The van der Waals surface area contributed by atoms with Gasteiger partial charge in [0.25, 0.3) is 0 Å². The maximum atomic E-state index is 12.0. The topological polar surface area (TPSA) is 68.0 Å². The summed E-state index contributed by atoms with van der Waals surface area (Å²) in [7, 11) is 0. The first-order chi connectivity index (χ1) is 12.2. The lowest BCUT2D eigenvalue weighted by molar-refractivity contribution is -0.121. The number of benzene rings is 1. The summed E-state index contributed by atoms with van der Waals surface area (Å²) in [6.07, 6.45) is 9.06. The van der Waals surface area contributed by atoms with Gasteiger partial charge < -0.3 is 9.84 Å². The van der Waals surface area contributed by atoms with Crippen molar-refractivity contribution in [3.8, 4) is 11.4 Å². The summed E-state index contributed by atoms with van der Waals surface area (Å²) in [5.74, 6) is 1.11. The number of carbonyl (C=O) groups is 1. The SMILES string of the molecule is Cc1cccc(-c2noc(CCC(=O)NCCC3=CCCCC3)n2)c1. The fraction of sp³-hybridized carbons (Fsp3) is 0.450. The van der Waals surface area contributed by atoms with Gasteiger partial charge >= 0.3 is 0 Å². The minimum absolute atomic E-state index is 0.0340.